The molecule has 0 spiro atoms. The fourth-order valence-electron chi connectivity index (χ4n) is 2.64. The molecule has 0 aromatic carbocycles. The van der Waals surface area contributed by atoms with Crippen molar-refractivity contribution < 1.29 is 0 Å². The van der Waals surface area contributed by atoms with E-state index in [1.165, 1.54) is 32.4 Å². The van der Waals surface area contributed by atoms with Crippen LogP contribution in [0.3, 0.4) is 0 Å². The van der Waals surface area contributed by atoms with Crippen LogP contribution in [0, 0.1) is 22.7 Å². The van der Waals surface area contributed by atoms with Gasteiger partial charge in [0.05, 0.1) is 11.5 Å². The average molecular weight is 222 g/mol. The number of nitriles is 1. The van der Waals surface area contributed by atoms with Crippen molar-refractivity contribution in [3.05, 3.63) is 0 Å². The van der Waals surface area contributed by atoms with Crippen LogP contribution in [-0.2, 0) is 0 Å². The molecule has 0 saturated carbocycles. The van der Waals surface area contributed by atoms with Crippen molar-refractivity contribution in [2.75, 3.05) is 13.1 Å². The number of rotatable bonds is 5. The fraction of sp³-hybridized carbons (Fsp3) is 0.929. The van der Waals surface area contributed by atoms with Gasteiger partial charge in [-0.25, -0.2) is 0 Å². The van der Waals surface area contributed by atoms with Gasteiger partial charge < -0.3 is 4.90 Å². The third kappa shape index (κ3) is 4.14. The Hall–Kier alpha value is -0.550. The van der Waals surface area contributed by atoms with E-state index in [-0.39, 0.29) is 5.41 Å². The molecule has 2 unspecified atom stereocenters. The molecule has 1 aliphatic rings. The second-order valence-corrected chi connectivity index (χ2v) is 6.14. The van der Waals surface area contributed by atoms with Crippen molar-refractivity contribution in [1.29, 1.82) is 5.26 Å². The average Bonchev–Trinajstić information content (AvgIpc) is 2.52. The lowest BCUT2D eigenvalue weighted by Crippen LogP contribution is -2.28. The van der Waals surface area contributed by atoms with Gasteiger partial charge in [0, 0.05) is 12.6 Å². The first-order valence-electron chi connectivity index (χ1n) is 6.60. The molecule has 0 bridgehead atoms. The highest BCUT2D eigenvalue weighted by atomic mass is 15.2. The van der Waals surface area contributed by atoms with Crippen molar-refractivity contribution >= 4 is 0 Å². The first kappa shape index (κ1) is 13.5. The number of nitrogens with zero attached hydrogens (tertiary/aromatic N) is 2. The summed E-state index contributed by atoms with van der Waals surface area (Å²) in [6.45, 7) is 11.2. The molecule has 2 nitrogen and oxygen atoms in total. The zero-order valence-electron chi connectivity index (χ0n) is 11.3. The van der Waals surface area contributed by atoms with E-state index in [0.29, 0.717) is 0 Å². The molecule has 1 heterocycles. The molecule has 0 amide bonds. The van der Waals surface area contributed by atoms with Gasteiger partial charge in [0.2, 0.25) is 0 Å². The summed E-state index contributed by atoms with van der Waals surface area (Å²) in [5, 5.41) is 8.92. The van der Waals surface area contributed by atoms with Crippen LogP contribution in [0.4, 0.5) is 0 Å². The zero-order chi connectivity index (χ0) is 12.2. The van der Waals surface area contributed by atoms with Crippen LogP contribution in [-0.4, -0.2) is 24.0 Å². The van der Waals surface area contributed by atoms with Crippen molar-refractivity contribution in [2.24, 2.45) is 11.3 Å². The molecule has 0 aliphatic carbocycles. The number of unbranched alkanes of at least 4 members (excludes halogenated alkanes) is 1. The highest BCUT2D eigenvalue weighted by Crippen LogP contribution is 2.24. The maximum absolute atomic E-state index is 8.92. The summed E-state index contributed by atoms with van der Waals surface area (Å²) in [7, 11) is 0. The lowest BCUT2D eigenvalue weighted by Gasteiger charge is -2.21. The van der Waals surface area contributed by atoms with E-state index >= 15 is 0 Å². The molecule has 16 heavy (non-hydrogen) atoms. The van der Waals surface area contributed by atoms with E-state index in [1.54, 1.807) is 0 Å². The van der Waals surface area contributed by atoms with Crippen molar-refractivity contribution in [3.8, 4) is 6.07 Å². The Balaban J connectivity index is 2.15. The fourth-order valence-corrected chi connectivity index (χ4v) is 2.64. The van der Waals surface area contributed by atoms with Crippen LogP contribution in [0.2, 0.25) is 0 Å². The Morgan fingerprint density at radius 1 is 1.31 bits per heavy atom. The van der Waals surface area contributed by atoms with E-state index in [0.717, 1.165) is 18.4 Å². The third-order valence-electron chi connectivity index (χ3n) is 3.71. The molecular formula is C14H26N2. The van der Waals surface area contributed by atoms with Crippen LogP contribution in [0.25, 0.3) is 0 Å². The molecule has 0 aromatic rings. The summed E-state index contributed by atoms with van der Waals surface area (Å²) in [6.07, 6.45) is 4.80. The Morgan fingerprint density at radius 3 is 2.50 bits per heavy atom. The van der Waals surface area contributed by atoms with Crippen LogP contribution >= 0.6 is 0 Å². The normalized spacial score (nSPS) is 26.9. The van der Waals surface area contributed by atoms with Gasteiger partial charge >= 0.3 is 0 Å². The SMILES string of the molecule is CC1CC(C)N(CCCCC(C)(C)C#N)C1. The monoisotopic (exact) mass is 222 g/mol. The van der Waals surface area contributed by atoms with Crippen molar-refractivity contribution in [2.45, 2.75) is 59.4 Å². The quantitative estimate of drug-likeness (QED) is 0.666. The Morgan fingerprint density at radius 2 is 2.00 bits per heavy atom. The minimum absolute atomic E-state index is 0.135. The van der Waals surface area contributed by atoms with Crippen LogP contribution < -0.4 is 0 Å². The first-order chi connectivity index (χ1) is 7.44. The van der Waals surface area contributed by atoms with Crippen molar-refractivity contribution in [1.82, 2.24) is 4.90 Å². The largest absolute Gasteiger partial charge is 0.300 e. The minimum atomic E-state index is -0.135. The third-order valence-corrected chi connectivity index (χ3v) is 3.71. The van der Waals surface area contributed by atoms with Gasteiger partial charge in [-0.3, -0.25) is 0 Å². The van der Waals surface area contributed by atoms with Crippen LogP contribution in [0.15, 0.2) is 0 Å². The lowest BCUT2D eigenvalue weighted by atomic mass is 9.89. The van der Waals surface area contributed by atoms with Gasteiger partial charge in [0.15, 0.2) is 0 Å². The number of hydrogen-bond acceptors (Lipinski definition) is 2. The first-order valence-corrected chi connectivity index (χ1v) is 6.60. The van der Waals surface area contributed by atoms with E-state index in [4.69, 9.17) is 5.26 Å². The van der Waals surface area contributed by atoms with E-state index in [2.05, 4.69) is 24.8 Å². The maximum Gasteiger partial charge on any atom is 0.0683 e. The van der Waals surface area contributed by atoms with E-state index < -0.39 is 0 Å². The van der Waals surface area contributed by atoms with E-state index in [9.17, 15) is 0 Å². The Kier molecular flexibility index (Phi) is 4.80. The maximum atomic E-state index is 8.92. The van der Waals surface area contributed by atoms with Gasteiger partial charge in [-0.1, -0.05) is 13.3 Å². The molecule has 1 saturated heterocycles. The molecule has 0 radical (unpaired) electrons. The predicted molar refractivity (Wildman–Crippen MR) is 68.1 cm³/mol. The molecule has 1 rings (SSSR count). The lowest BCUT2D eigenvalue weighted by molar-refractivity contribution is 0.254. The highest BCUT2D eigenvalue weighted by Gasteiger charge is 2.25. The Bertz CT molecular complexity index is 252. The molecule has 2 heteroatoms. The van der Waals surface area contributed by atoms with E-state index in [1.807, 2.05) is 13.8 Å². The molecular weight excluding hydrogens is 196 g/mol. The standard InChI is InChI=1S/C14H26N2/c1-12-9-13(2)16(10-12)8-6-5-7-14(3,4)11-15/h12-13H,5-10H2,1-4H3. The second kappa shape index (κ2) is 5.68. The summed E-state index contributed by atoms with van der Waals surface area (Å²) >= 11 is 0. The summed E-state index contributed by atoms with van der Waals surface area (Å²) < 4.78 is 0. The van der Waals surface area contributed by atoms with Crippen molar-refractivity contribution in [3.63, 3.8) is 0 Å². The number of likely N-dealkylation sites (tertiary alicyclic amines) is 1. The summed E-state index contributed by atoms with van der Waals surface area (Å²) in [5.41, 5.74) is -0.135. The molecule has 0 aromatic heterocycles. The summed E-state index contributed by atoms with van der Waals surface area (Å²) in [5.74, 6) is 0.866. The van der Waals surface area contributed by atoms with Gasteiger partial charge in [-0.15, -0.1) is 0 Å². The predicted octanol–water partition coefficient (Wildman–Crippen LogP) is 3.44. The summed E-state index contributed by atoms with van der Waals surface area (Å²) in [6, 6.07) is 3.13. The molecule has 1 aliphatic heterocycles. The van der Waals surface area contributed by atoms with Gasteiger partial charge in [0.1, 0.15) is 0 Å². The number of hydrogen-bond donors (Lipinski definition) is 0. The van der Waals surface area contributed by atoms with Gasteiger partial charge in [-0.2, -0.15) is 5.26 Å². The van der Waals surface area contributed by atoms with Crippen LogP contribution in [0.5, 0.6) is 0 Å². The second-order valence-electron chi connectivity index (χ2n) is 6.14. The Labute approximate surface area is 101 Å². The summed E-state index contributed by atoms with van der Waals surface area (Å²) in [4.78, 5) is 2.60. The minimum Gasteiger partial charge on any atom is -0.300 e. The molecule has 0 N–H and O–H groups in total. The molecule has 1 fully saturated rings. The van der Waals surface area contributed by atoms with Gasteiger partial charge in [0.25, 0.3) is 0 Å². The zero-order valence-corrected chi connectivity index (χ0v) is 11.3. The molecule has 2 atom stereocenters. The van der Waals surface area contributed by atoms with Gasteiger partial charge in [-0.05, 0) is 52.5 Å². The van der Waals surface area contributed by atoms with Crippen LogP contribution in [0.1, 0.15) is 53.4 Å². The smallest absolute Gasteiger partial charge is 0.0683 e. The highest BCUT2D eigenvalue weighted by molar-refractivity contribution is 4.91. The topological polar surface area (TPSA) is 27.0 Å². The molecule has 92 valence electrons.